The summed E-state index contributed by atoms with van der Waals surface area (Å²) in [6, 6.07) is 3.48. The smallest absolute Gasteiger partial charge is 0.258 e. The molecule has 1 aliphatic heterocycles. The van der Waals surface area contributed by atoms with E-state index in [0.29, 0.717) is 11.4 Å². The fraction of sp³-hybridized carbons (Fsp3) is 0.500. The summed E-state index contributed by atoms with van der Waals surface area (Å²) in [4.78, 5) is 18.1. The molecule has 4 nitrogen and oxygen atoms in total. The third kappa shape index (κ3) is 1.75. The van der Waals surface area contributed by atoms with Crippen LogP contribution in [0.15, 0.2) is 18.3 Å². The number of nitrogen functional groups attached to an aromatic ring is 1. The molecule has 0 radical (unpaired) electrons. The van der Waals surface area contributed by atoms with Crippen molar-refractivity contribution in [3.8, 4) is 0 Å². The molecule has 1 aromatic rings. The Balaban J connectivity index is 2.30. The maximum absolute atomic E-state index is 12.3. The van der Waals surface area contributed by atoms with Gasteiger partial charge in [-0.05, 0) is 38.8 Å². The van der Waals surface area contributed by atoms with Crippen molar-refractivity contribution < 1.29 is 4.79 Å². The number of nitrogens with two attached hydrogens (primary N) is 1. The lowest BCUT2D eigenvalue weighted by atomic mass is 10.0. The largest absolute Gasteiger partial charge is 0.383 e. The molecule has 0 aliphatic carbocycles. The minimum absolute atomic E-state index is 0.00639. The van der Waals surface area contributed by atoms with Gasteiger partial charge in [-0.1, -0.05) is 0 Å². The molecule has 1 fully saturated rings. The number of anilines is 1. The van der Waals surface area contributed by atoms with Crippen LogP contribution in [0.3, 0.4) is 0 Å². The summed E-state index contributed by atoms with van der Waals surface area (Å²) in [5, 5.41) is 0. The fourth-order valence-electron chi connectivity index (χ4n) is 2.23. The van der Waals surface area contributed by atoms with Crippen LogP contribution < -0.4 is 5.73 Å². The molecule has 1 aromatic heterocycles. The van der Waals surface area contributed by atoms with Gasteiger partial charge in [0, 0.05) is 18.3 Å². The summed E-state index contributed by atoms with van der Waals surface area (Å²) in [6.45, 7) is 4.98. The van der Waals surface area contributed by atoms with Crippen molar-refractivity contribution >= 4 is 11.7 Å². The zero-order chi connectivity index (χ0) is 11.8. The summed E-state index contributed by atoms with van der Waals surface area (Å²) >= 11 is 0. The highest BCUT2D eigenvalue weighted by atomic mass is 16.2. The number of rotatable bonds is 1. The Bertz CT molecular complexity index is 414. The maximum atomic E-state index is 12.3. The molecule has 2 heterocycles. The van der Waals surface area contributed by atoms with Crippen molar-refractivity contribution in [1.29, 1.82) is 0 Å². The summed E-state index contributed by atoms with van der Waals surface area (Å²) in [7, 11) is 0. The molecule has 1 saturated heterocycles. The number of pyridine rings is 1. The number of carbonyl (C=O) groups is 1. The zero-order valence-corrected chi connectivity index (χ0v) is 9.73. The van der Waals surface area contributed by atoms with E-state index in [2.05, 4.69) is 18.8 Å². The lowest BCUT2D eigenvalue weighted by Crippen LogP contribution is -2.42. The fourth-order valence-corrected chi connectivity index (χ4v) is 2.23. The minimum atomic E-state index is -0.0701. The van der Waals surface area contributed by atoms with Gasteiger partial charge in [-0.3, -0.25) is 4.79 Å². The zero-order valence-electron chi connectivity index (χ0n) is 9.73. The van der Waals surface area contributed by atoms with Crippen molar-refractivity contribution in [2.45, 2.75) is 32.2 Å². The summed E-state index contributed by atoms with van der Waals surface area (Å²) in [5.74, 6) is 0.309. The van der Waals surface area contributed by atoms with Crippen molar-refractivity contribution in [3.63, 3.8) is 0 Å². The van der Waals surface area contributed by atoms with Crippen LogP contribution in [0.4, 0.5) is 5.82 Å². The van der Waals surface area contributed by atoms with Gasteiger partial charge in [0.25, 0.3) is 5.91 Å². The Labute approximate surface area is 95.5 Å². The average molecular weight is 219 g/mol. The van der Waals surface area contributed by atoms with Crippen LogP contribution in [0.25, 0.3) is 0 Å². The molecule has 0 unspecified atom stereocenters. The van der Waals surface area contributed by atoms with Gasteiger partial charge in [-0.15, -0.1) is 0 Å². The van der Waals surface area contributed by atoms with Crippen molar-refractivity contribution in [2.75, 3.05) is 12.3 Å². The van der Waals surface area contributed by atoms with Crippen LogP contribution in [0.2, 0.25) is 0 Å². The Kier molecular flexibility index (Phi) is 2.58. The highest BCUT2D eigenvalue weighted by Crippen LogP contribution is 2.30. The number of nitrogens with zero attached hydrogens (tertiary/aromatic N) is 2. The van der Waals surface area contributed by atoms with E-state index in [1.165, 1.54) is 0 Å². The second kappa shape index (κ2) is 3.77. The van der Waals surface area contributed by atoms with Crippen LogP contribution in [0.1, 0.15) is 37.0 Å². The van der Waals surface area contributed by atoms with E-state index >= 15 is 0 Å². The average Bonchev–Trinajstić information content (AvgIpc) is 2.58. The molecule has 0 spiro atoms. The molecule has 16 heavy (non-hydrogen) atoms. The van der Waals surface area contributed by atoms with E-state index < -0.39 is 0 Å². The first-order valence-electron chi connectivity index (χ1n) is 5.55. The molecule has 86 valence electrons. The minimum Gasteiger partial charge on any atom is -0.383 e. The first-order valence-corrected chi connectivity index (χ1v) is 5.55. The predicted molar refractivity (Wildman–Crippen MR) is 63.0 cm³/mol. The monoisotopic (exact) mass is 219 g/mol. The number of amides is 1. The second-order valence-corrected chi connectivity index (χ2v) is 4.81. The molecular formula is C12H17N3O. The SMILES string of the molecule is CC1(C)CCCN1C(=O)c1cccnc1N. The first kappa shape index (κ1) is 10.9. The molecule has 4 heteroatoms. The number of hydrogen-bond donors (Lipinski definition) is 1. The van der Waals surface area contributed by atoms with E-state index in [4.69, 9.17) is 5.73 Å². The van der Waals surface area contributed by atoms with Gasteiger partial charge in [-0.2, -0.15) is 0 Å². The van der Waals surface area contributed by atoms with Crippen molar-refractivity contribution in [3.05, 3.63) is 23.9 Å². The molecule has 0 bridgehead atoms. The first-order chi connectivity index (χ1) is 7.52. The Morgan fingerprint density at radius 3 is 2.88 bits per heavy atom. The summed E-state index contributed by atoms with van der Waals surface area (Å²) in [6.07, 6.45) is 3.69. The second-order valence-electron chi connectivity index (χ2n) is 4.81. The van der Waals surface area contributed by atoms with E-state index in [1.807, 2.05) is 4.90 Å². The van der Waals surface area contributed by atoms with Gasteiger partial charge >= 0.3 is 0 Å². The van der Waals surface area contributed by atoms with Gasteiger partial charge in [0.05, 0.1) is 5.56 Å². The van der Waals surface area contributed by atoms with Crippen molar-refractivity contribution in [1.82, 2.24) is 9.88 Å². The highest BCUT2D eigenvalue weighted by molar-refractivity contribution is 5.98. The van der Waals surface area contributed by atoms with Crippen LogP contribution in [0.5, 0.6) is 0 Å². The third-order valence-corrected chi connectivity index (χ3v) is 3.22. The Morgan fingerprint density at radius 1 is 1.56 bits per heavy atom. The van der Waals surface area contributed by atoms with Crippen LogP contribution in [-0.4, -0.2) is 27.9 Å². The van der Waals surface area contributed by atoms with Crippen LogP contribution in [-0.2, 0) is 0 Å². The number of hydrogen-bond acceptors (Lipinski definition) is 3. The summed E-state index contributed by atoms with van der Waals surface area (Å²) < 4.78 is 0. The number of likely N-dealkylation sites (tertiary alicyclic amines) is 1. The normalized spacial score (nSPS) is 18.8. The highest BCUT2D eigenvalue weighted by Gasteiger charge is 2.36. The lowest BCUT2D eigenvalue weighted by molar-refractivity contribution is 0.0653. The van der Waals surface area contributed by atoms with Crippen LogP contribution in [0, 0.1) is 0 Å². The Morgan fingerprint density at radius 2 is 2.31 bits per heavy atom. The summed E-state index contributed by atoms with van der Waals surface area (Å²) in [5.41, 5.74) is 6.16. The van der Waals surface area contributed by atoms with Gasteiger partial charge < -0.3 is 10.6 Å². The quantitative estimate of drug-likeness (QED) is 0.781. The van der Waals surface area contributed by atoms with Gasteiger partial charge in [0.15, 0.2) is 0 Å². The lowest BCUT2D eigenvalue weighted by Gasteiger charge is -2.31. The molecule has 1 amide bonds. The van der Waals surface area contributed by atoms with Gasteiger partial charge in [0.2, 0.25) is 0 Å². The van der Waals surface area contributed by atoms with Gasteiger partial charge in [0.1, 0.15) is 5.82 Å². The van der Waals surface area contributed by atoms with E-state index in [9.17, 15) is 4.79 Å². The van der Waals surface area contributed by atoms with E-state index in [1.54, 1.807) is 18.3 Å². The van der Waals surface area contributed by atoms with Crippen molar-refractivity contribution in [2.24, 2.45) is 0 Å². The molecule has 1 aliphatic rings. The molecule has 0 aromatic carbocycles. The number of aromatic nitrogens is 1. The molecule has 2 rings (SSSR count). The standard InChI is InChI=1S/C12H17N3O/c1-12(2)6-4-8-15(12)11(16)9-5-3-7-14-10(9)13/h3,5,7H,4,6,8H2,1-2H3,(H2,13,14). The number of carbonyl (C=O) groups excluding carboxylic acids is 1. The van der Waals surface area contributed by atoms with Gasteiger partial charge in [-0.25, -0.2) is 4.98 Å². The molecule has 0 atom stereocenters. The predicted octanol–water partition coefficient (Wildman–Crippen LogP) is 1.68. The topological polar surface area (TPSA) is 59.2 Å². The Hall–Kier alpha value is -1.58. The molecular weight excluding hydrogens is 202 g/mol. The van der Waals surface area contributed by atoms with E-state index in [0.717, 1.165) is 19.4 Å². The third-order valence-electron chi connectivity index (χ3n) is 3.22. The van der Waals surface area contributed by atoms with E-state index in [-0.39, 0.29) is 11.4 Å². The van der Waals surface area contributed by atoms with Crippen LogP contribution >= 0.6 is 0 Å². The molecule has 0 saturated carbocycles. The molecule has 2 N–H and O–H groups in total. The maximum Gasteiger partial charge on any atom is 0.258 e.